The number of thiophene rings is 1. The van der Waals surface area contributed by atoms with Crippen molar-refractivity contribution in [1.82, 2.24) is 10.6 Å². The number of furan rings is 1. The highest BCUT2D eigenvalue weighted by atomic mass is 32.1. The normalized spacial score (nSPS) is 13.4. The number of amides is 1. The lowest BCUT2D eigenvalue weighted by molar-refractivity contribution is -0.120. The van der Waals surface area contributed by atoms with Gasteiger partial charge in [-0.05, 0) is 36.1 Å². The third kappa shape index (κ3) is 4.13. The molecule has 3 rings (SSSR count). The van der Waals surface area contributed by atoms with Gasteiger partial charge in [0.1, 0.15) is 5.76 Å². The smallest absolute Gasteiger partial charge is 0.234 e. The Kier molecular flexibility index (Phi) is 5.46. The quantitative estimate of drug-likeness (QED) is 0.686. The molecule has 0 unspecified atom stereocenters. The van der Waals surface area contributed by atoms with Crippen LogP contribution >= 0.6 is 11.3 Å². The van der Waals surface area contributed by atoms with Crippen LogP contribution in [0.2, 0.25) is 0 Å². The molecule has 0 saturated heterocycles. The van der Waals surface area contributed by atoms with Crippen molar-refractivity contribution in [2.45, 2.75) is 19.0 Å². The van der Waals surface area contributed by atoms with Gasteiger partial charge in [-0.1, -0.05) is 36.4 Å². The SMILES string of the molecule is C[C@H](NCC(=O)N[C@@H](c1ccccc1)c1cccs1)c1ccco1. The summed E-state index contributed by atoms with van der Waals surface area (Å²) in [4.78, 5) is 13.5. The fourth-order valence-corrected chi connectivity index (χ4v) is 3.32. The van der Waals surface area contributed by atoms with Crippen molar-refractivity contribution >= 4 is 17.2 Å². The van der Waals surface area contributed by atoms with E-state index < -0.39 is 0 Å². The molecule has 1 amide bonds. The highest BCUT2D eigenvalue weighted by molar-refractivity contribution is 7.10. The topological polar surface area (TPSA) is 54.3 Å². The van der Waals surface area contributed by atoms with E-state index in [1.54, 1.807) is 17.6 Å². The summed E-state index contributed by atoms with van der Waals surface area (Å²) in [6, 6.07) is 17.7. The van der Waals surface area contributed by atoms with Crippen molar-refractivity contribution in [3.8, 4) is 0 Å². The molecule has 0 aliphatic rings. The molecule has 124 valence electrons. The number of hydrogen-bond donors (Lipinski definition) is 2. The van der Waals surface area contributed by atoms with E-state index in [2.05, 4.69) is 10.6 Å². The molecule has 0 radical (unpaired) electrons. The van der Waals surface area contributed by atoms with Gasteiger partial charge in [0, 0.05) is 4.88 Å². The highest BCUT2D eigenvalue weighted by Crippen LogP contribution is 2.25. The minimum absolute atomic E-state index is 0.0114. The molecule has 0 fully saturated rings. The number of rotatable bonds is 7. The van der Waals surface area contributed by atoms with Crippen molar-refractivity contribution in [2.75, 3.05) is 6.54 Å². The van der Waals surface area contributed by atoms with E-state index in [-0.39, 0.29) is 24.5 Å². The Hall–Kier alpha value is -2.37. The molecule has 0 aliphatic carbocycles. The maximum atomic E-state index is 12.4. The van der Waals surface area contributed by atoms with E-state index in [1.165, 1.54) is 0 Å². The van der Waals surface area contributed by atoms with Crippen LogP contribution in [-0.2, 0) is 4.79 Å². The van der Waals surface area contributed by atoms with Crippen molar-refractivity contribution in [3.63, 3.8) is 0 Å². The number of nitrogens with one attached hydrogen (secondary N) is 2. The van der Waals surface area contributed by atoms with E-state index in [0.29, 0.717) is 0 Å². The maximum Gasteiger partial charge on any atom is 0.234 e. The zero-order valence-electron chi connectivity index (χ0n) is 13.4. The second kappa shape index (κ2) is 7.95. The number of carbonyl (C=O) groups is 1. The first kappa shape index (κ1) is 16.5. The molecule has 24 heavy (non-hydrogen) atoms. The van der Waals surface area contributed by atoms with Crippen molar-refractivity contribution in [1.29, 1.82) is 0 Å². The van der Waals surface area contributed by atoms with Crippen LogP contribution in [0.5, 0.6) is 0 Å². The van der Waals surface area contributed by atoms with Gasteiger partial charge in [-0.15, -0.1) is 11.3 Å². The van der Waals surface area contributed by atoms with Crippen LogP contribution in [0.1, 0.15) is 35.2 Å². The van der Waals surface area contributed by atoms with Gasteiger partial charge in [0.15, 0.2) is 0 Å². The maximum absolute atomic E-state index is 12.4. The van der Waals surface area contributed by atoms with Crippen LogP contribution in [0.25, 0.3) is 0 Å². The summed E-state index contributed by atoms with van der Waals surface area (Å²) < 4.78 is 5.34. The van der Waals surface area contributed by atoms with Crippen LogP contribution in [0.3, 0.4) is 0 Å². The fourth-order valence-electron chi connectivity index (χ4n) is 2.52. The summed E-state index contributed by atoms with van der Waals surface area (Å²) in [5, 5.41) is 8.32. The minimum Gasteiger partial charge on any atom is -0.468 e. The average Bonchev–Trinajstić information content (AvgIpc) is 3.31. The van der Waals surface area contributed by atoms with Gasteiger partial charge in [-0.2, -0.15) is 0 Å². The minimum atomic E-state index is -0.126. The lowest BCUT2D eigenvalue weighted by Crippen LogP contribution is -2.37. The molecule has 5 heteroatoms. The van der Waals surface area contributed by atoms with Crippen LogP contribution < -0.4 is 10.6 Å². The predicted octanol–water partition coefficient (Wildman–Crippen LogP) is 3.90. The Labute approximate surface area is 145 Å². The highest BCUT2D eigenvalue weighted by Gasteiger charge is 2.18. The van der Waals surface area contributed by atoms with Gasteiger partial charge in [0.2, 0.25) is 5.91 Å². The summed E-state index contributed by atoms with van der Waals surface area (Å²) in [6.45, 7) is 2.20. The Morgan fingerprint density at radius 3 is 2.62 bits per heavy atom. The fraction of sp³-hybridized carbons (Fsp3) is 0.211. The summed E-state index contributed by atoms with van der Waals surface area (Å²) in [7, 11) is 0. The van der Waals surface area contributed by atoms with E-state index in [1.807, 2.05) is 66.9 Å². The van der Waals surface area contributed by atoms with E-state index in [0.717, 1.165) is 16.2 Å². The summed E-state index contributed by atoms with van der Waals surface area (Å²) >= 11 is 1.64. The summed E-state index contributed by atoms with van der Waals surface area (Å²) in [6.07, 6.45) is 1.63. The van der Waals surface area contributed by atoms with E-state index in [9.17, 15) is 4.79 Å². The standard InChI is InChI=1S/C19H20N2O2S/c1-14(16-9-5-11-23-16)20-13-18(22)21-19(17-10-6-12-24-17)15-7-3-2-4-8-15/h2-12,14,19-20H,13H2,1H3,(H,21,22)/t14-,19-/m0/s1. The van der Waals surface area contributed by atoms with Gasteiger partial charge in [-0.3, -0.25) is 10.1 Å². The lowest BCUT2D eigenvalue weighted by Gasteiger charge is -2.19. The first-order chi connectivity index (χ1) is 11.7. The van der Waals surface area contributed by atoms with E-state index >= 15 is 0 Å². The Morgan fingerprint density at radius 1 is 1.12 bits per heavy atom. The number of carbonyl (C=O) groups excluding carboxylic acids is 1. The van der Waals surface area contributed by atoms with Gasteiger partial charge in [0.05, 0.1) is 24.9 Å². The summed E-state index contributed by atoms with van der Waals surface area (Å²) in [5.41, 5.74) is 1.08. The molecule has 4 nitrogen and oxygen atoms in total. The number of benzene rings is 1. The molecule has 2 aromatic heterocycles. The van der Waals surface area contributed by atoms with Crippen LogP contribution in [0.15, 0.2) is 70.7 Å². The van der Waals surface area contributed by atoms with E-state index in [4.69, 9.17) is 4.42 Å². The van der Waals surface area contributed by atoms with Crippen LogP contribution in [0.4, 0.5) is 0 Å². The molecular formula is C19H20N2O2S. The summed E-state index contributed by atoms with van der Waals surface area (Å²) in [5.74, 6) is 0.774. The molecule has 0 aliphatic heterocycles. The Balaban J connectivity index is 1.63. The Morgan fingerprint density at radius 2 is 1.96 bits per heavy atom. The van der Waals surface area contributed by atoms with Crippen LogP contribution in [-0.4, -0.2) is 12.5 Å². The molecule has 0 saturated carbocycles. The first-order valence-electron chi connectivity index (χ1n) is 7.88. The third-order valence-electron chi connectivity index (χ3n) is 3.80. The second-order valence-electron chi connectivity index (χ2n) is 5.54. The zero-order valence-corrected chi connectivity index (χ0v) is 14.3. The largest absolute Gasteiger partial charge is 0.468 e. The first-order valence-corrected chi connectivity index (χ1v) is 8.76. The molecule has 0 bridgehead atoms. The van der Waals surface area contributed by atoms with Gasteiger partial charge in [-0.25, -0.2) is 0 Å². The third-order valence-corrected chi connectivity index (χ3v) is 4.74. The average molecular weight is 340 g/mol. The molecular weight excluding hydrogens is 320 g/mol. The number of hydrogen-bond acceptors (Lipinski definition) is 4. The predicted molar refractivity (Wildman–Crippen MR) is 95.9 cm³/mol. The second-order valence-corrected chi connectivity index (χ2v) is 6.52. The van der Waals surface area contributed by atoms with Crippen LogP contribution in [0, 0.1) is 0 Å². The van der Waals surface area contributed by atoms with Crippen molar-refractivity contribution in [2.24, 2.45) is 0 Å². The zero-order chi connectivity index (χ0) is 16.8. The molecule has 2 atom stereocenters. The Bertz CT molecular complexity index is 739. The van der Waals surface area contributed by atoms with Crippen molar-refractivity contribution in [3.05, 3.63) is 82.4 Å². The van der Waals surface area contributed by atoms with Gasteiger partial charge in [0.25, 0.3) is 0 Å². The molecule has 1 aromatic carbocycles. The van der Waals surface area contributed by atoms with Crippen molar-refractivity contribution < 1.29 is 9.21 Å². The van der Waals surface area contributed by atoms with Gasteiger partial charge < -0.3 is 9.73 Å². The molecule has 2 N–H and O–H groups in total. The lowest BCUT2D eigenvalue weighted by atomic mass is 10.1. The molecule has 0 spiro atoms. The van der Waals surface area contributed by atoms with Gasteiger partial charge >= 0.3 is 0 Å². The molecule has 3 aromatic rings. The molecule has 2 heterocycles. The monoisotopic (exact) mass is 340 g/mol.